The van der Waals surface area contributed by atoms with E-state index in [1.54, 1.807) is 29.2 Å². The van der Waals surface area contributed by atoms with Crippen LogP contribution < -0.4 is 4.90 Å². The number of benzene rings is 1. The van der Waals surface area contributed by atoms with Crippen LogP contribution in [0.4, 0.5) is 14.9 Å². The summed E-state index contributed by atoms with van der Waals surface area (Å²) in [6.45, 7) is 1.05. The number of fused-ring (bicyclic) bond motifs is 1. The van der Waals surface area contributed by atoms with Crippen molar-refractivity contribution in [3.63, 3.8) is 0 Å². The van der Waals surface area contributed by atoms with Gasteiger partial charge in [-0.15, -0.1) is 5.10 Å². The number of carbonyl (C=O) groups excluding carboxylic acids is 1. The molecule has 3 unspecified atom stereocenters. The molecule has 28 heavy (non-hydrogen) atoms. The molecule has 146 valence electrons. The van der Waals surface area contributed by atoms with Gasteiger partial charge in [0, 0.05) is 11.8 Å². The van der Waals surface area contributed by atoms with Gasteiger partial charge in [-0.05, 0) is 47.9 Å². The standard InChI is InChI=1S/C19H19FN4O4/c20-18-7-12(24-9-13(28-19(24)25)8-23-4-3-21-22-23)1-2-14(18)11-5-15-16(6-11)17(15)10-27-26/h1-5,7,13,15-17,26H,6,8-10H2/t13-,15?,16?,17?/m0/s1. The highest BCUT2D eigenvalue weighted by molar-refractivity contribution is 5.90. The predicted molar refractivity (Wildman–Crippen MR) is 95.7 cm³/mol. The van der Waals surface area contributed by atoms with E-state index in [1.807, 2.05) is 0 Å². The van der Waals surface area contributed by atoms with Crippen molar-refractivity contribution < 1.29 is 24.1 Å². The fourth-order valence-electron chi connectivity index (χ4n) is 4.38. The Morgan fingerprint density at radius 1 is 1.39 bits per heavy atom. The number of hydrogen-bond donors (Lipinski definition) is 1. The third kappa shape index (κ3) is 2.96. The summed E-state index contributed by atoms with van der Waals surface area (Å²) in [5, 5.41) is 16.2. The van der Waals surface area contributed by atoms with Crippen LogP contribution in [0, 0.1) is 23.6 Å². The first-order valence-corrected chi connectivity index (χ1v) is 9.23. The number of allylic oxidation sites excluding steroid dienone is 2. The molecule has 1 aromatic heterocycles. The highest BCUT2D eigenvalue weighted by atomic mass is 19.1. The van der Waals surface area contributed by atoms with Crippen LogP contribution in [-0.4, -0.2) is 45.6 Å². The number of ether oxygens (including phenoxy) is 1. The van der Waals surface area contributed by atoms with Gasteiger partial charge in [-0.2, -0.15) is 0 Å². The lowest BCUT2D eigenvalue weighted by molar-refractivity contribution is -0.246. The van der Waals surface area contributed by atoms with E-state index >= 15 is 0 Å². The second kappa shape index (κ2) is 6.68. The number of cyclic esters (lactones) is 1. The third-order valence-electron chi connectivity index (χ3n) is 5.86. The molecule has 0 bridgehead atoms. The van der Waals surface area contributed by atoms with Gasteiger partial charge in [-0.1, -0.05) is 11.3 Å². The predicted octanol–water partition coefficient (Wildman–Crippen LogP) is 2.58. The van der Waals surface area contributed by atoms with Gasteiger partial charge in [-0.25, -0.2) is 18.8 Å². The third-order valence-corrected chi connectivity index (χ3v) is 5.86. The van der Waals surface area contributed by atoms with Gasteiger partial charge in [0.25, 0.3) is 0 Å². The first kappa shape index (κ1) is 17.3. The minimum atomic E-state index is -0.495. The molecule has 1 saturated carbocycles. The van der Waals surface area contributed by atoms with Gasteiger partial charge in [0.15, 0.2) is 0 Å². The van der Waals surface area contributed by atoms with E-state index in [9.17, 15) is 9.18 Å². The molecule has 2 heterocycles. The molecular formula is C19H19FN4O4. The number of carbonyl (C=O) groups is 1. The second-order valence-electron chi connectivity index (χ2n) is 7.50. The zero-order chi connectivity index (χ0) is 19.3. The van der Waals surface area contributed by atoms with Crippen LogP contribution in [-0.2, 0) is 16.2 Å². The topological polar surface area (TPSA) is 89.7 Å². The van der Waals surface area contributed by atoms with E-state index in [4.69, 9.17) is 9.99 Å². The SMILES string of the molecule is O=C1O[C@@H](Cn2ccnn2)CN1c1ccc(C2=CC3C(COO)C3C2)c(F)c1. The lowest BCUT2D eigenvalue weighted by Gasteiger charge is -2.15. The van der Waals surface area contributed by atoms with Crippen LogP contribution in [0.25, 0.3) is 5.57 Å². The minimum absolute atomic E-state index is 0.327. The smallest absolute Gasteiger partial charge is 0.414 e. The molecule has 8 nitrogen and oxygen atoms in total. The van der Waals surface area contributed by atoms with Crippen LogP contribution in [0.2, 0.25) is 0 Å². The molecule has 0 radical (unpaired) electrons. The van der Waals surface area contributed by atoms with Crippen LogP contribution in [0.3, 0.4) is 0 Å². The first-order valence-electron chi connectivity index (χ1n) is 9.23. The fraction of sp³-hybridized carbons (Fsp3) is 0.421. The molecule has 2 aromatic rings. The molecule has 4 atom stereocenters. The van der Waals surface area contributed by atoms with Gasteiger partial charge in [0.05, 0.1) is 31.6 Å². The summed E-state index contributed by atoms with van der Waals surface area (Å²) in [6.07, 6.45) is 5.24. The molecule has 1 amide bonds. The van der Waals surface area contributed by atoms with E-state index in [0.29, 0.717) is 48.7 Å². The maximum Gasteiger partial charge on any atom is 0.414 e. The average Bonchev–Trinajstić information content (AvgIpc) is 3.16. The maximum atomic E-state index is 14.8. The summed E-state index contributed by atoms with van der Waals surface area (Å²) in [4.78, 5) is 17.9. The number of halogens is 1. The molecule has 1 aromatic carbocycles. The van der Waals surface area contributed by atoms with E-state index in [0.717, 1.165) is 12.0 Å². The summed E-state index contributed by atoms with van der Waals surface area (Å²) in [6, 6.07) is 4.85. The second-order valence-corrected chi connectivity index (χ2v) is 7.50. The Morgan fingerprint density at radius 3 is 2.96 bits per heavy atom. The van der Waals surface area contributed by atoms with Crippen LogP contribution in [0.15, 0.2) is 36.7 Å². The van der Waals surface area contributed by atoms with Gasteiger partial charge in [-0.3, -0.25) is 10.2 Å². The molecule has 3 aliphatic rings. The number of aromatic nitrogens is 3. The van der Waals surface area contributed by atoms with Gasteiger partial charge in [0.1, 0.15) is 11.9 Å². The van der Waals surface area contributed by atoms with Crippen molar-refractivity contribution in [3.05, 3.63) is 48.0 Å². The summed E-state index contributed by atoms with van der Waals surface area (Å²) in [5.74, 6) is 0.754. The zero-order valence-corrected chi connectivity index (χ0v) is 14.9. The molecular weight excluding hydrogens is 367 g/mol. The van der Waals surface area contributed by atoms with E-state index in [-0.39, 0.29) is 11.9 Å². The van der Waals surface area contributed by atoms with Crippen molar-refractivity contribution >= 4 is 17.4 Å². The quantitative estimate of drug-likeness (QED) is 0.606. The summed E-state index contributed by atoms with van der Waals surface area (Å²) < 4.78 is 21.7. The monoisotopic (exact) mass is 386 g/mol. The number of anilines is 1. The van der Waals surface area contributed by atoms with Gasteiger partial charge >= 0.3 is 6.09 Å². The highest BCUT2D eigenvalue weighted by Crippen LogP contribution is 2.58. The van der Waals surface area contributed by atoms with Crippen molar-refractivity contribution in [2.45, 2.75) is 19.1 Å². The molecule has 0 spiro atoms. The van der Waals surface area contributed by atoms with E-state index in [2.05, 4.69) is 21.3 Å². The Morgan fingerprint density at radius 2 is 2.29 bits per heavy atom. The number of rotatable bonds is 6. The van der Waals surface area contributed by atoms with Crippen molar-refractivity contribution in [3.8, 4) is 0 Å². The molecule has 9 heteroatoms. The molecule has 1 N–H and O–H groups in total. The Kier molecular flexibility index (Phi) is 4.13. The van der Waals surface area contributed by atoms with Crippen LogP contribution >= 0.6 is 0 Å². The minimum Gasteiger partial charge on any atom is -0.442 e. The van der Waals surface area contributed by atoms with Crippen molar-refractivity contribution in [2.75, 3.05) is 18.1 Å². The van der Waals surface area contributed by atoms with Crippen molar-refractivity contribution in [1.29, 1.82) is 0 Å². The number of nitrogens with zero attached hydrogens (tertiary/aromatic N) is 4. The number of hydrogen-bond acceptors (Lipinski definition) is 6. The van der Waals surface area contributed by atoms with E-state index < -0.39 is 6.09 Å². The molecule has 1 aliphatic heterocycles. The van der Waals surface area contributed by atoms with Crippen molar-refractivity contribution in [2.24, 2.45) is 17.8 Å². The van der Waals surface area contributed by atoms with Crippen LogP contribution in [0.5, 0.6) is 0 Å². The van der Waals surface area contributed by atoms with Gasteiger partial charge < -0.3 is 4.74 Å². The van der Waals surface area contributed by atoms with Crippen molar-refractivity contribution in [1.82, 2.24) is 15.0 Å². The number of amides is 1. The lowest BCUT2D eigenvalue weighted by Crippen LogP contribution is -2.26. The Bertz CT molecular complexity index is 932. The summed E-state index contributed by atoms with van der Waals surface area (Å²) in [5.41, 5.74) is 2.01. The summed E-state index contributed by atoms with van der Waals surface area (Å²) >= 11 is 0. The van der Waals surface area contributed by atoms with Gasteiger partial charge in [0.2, 0.25) is 0 Å². The fourth-order valence-corrected chi connectivity index (χ4v) is 4.38. The maximum absolute atomic E-state index is 14.8. The lowest BCUT2D eigenvalue weighted by atomic mass is 10.00. The highest BCUT2D eigenvalue weighted by Gasteiger charge is 2.52. The molecule has 1 saturated heterocycles. The average molecular weight is 386 g/mol. The Balaban J connectivity index is 1.28. The Labute approximate surface area is 160 Å². The van der Waals surface area contributed by atoms with E-state index in [1.165, 1.54) is 11.0 Å². The summed E-state index contributed by atoms with van der Waals surface area (Å²) in [7, 11) is 0. The Hall–Kier alpha value is -2.78. The largest absolute Gasteiger partial charge is 0.442 e. The molecule has 2 aliphatic carbocycles. The first-order chi connectivity index (χ1) is 13.6. The molecule has 5 rings (SSSR count). The molecule has 2 fully saturated rings. The van der Waals surface area contributed by atoms with Crippen LogP contribution in [0.1, 0.15) is 12.0 Å². The zero-order valence-electron chi connectivity index (χ0n) is 14.9. The normalized spacial score (nSPS) is 28.3.